The number of nitrogens with two attached hydrogens (primary N) is 1. The van der Waals surface area contributed by atoms with Gasteiger partial charge >= 0.3 is 5.97 Å². The maximum atomic E-state index is 10.8. The summed E-state index contributed by atoms with van der Waals surface area (Å²) in [6, 6.07) is 0. The molecule has 0 aliphatic carbocycles. The minimum absolute atomic E-state index is 0.586. The lowest BCUT2D eigenvalue weighted by Crippen LogP contribution is -2.25. The molecule has 0 aliphatic rings. The van der Waals surface area contributed by atoms with E-state index in [2.05, 4.69) is 0 Å². The Labute approximate surface area is 89.2 Å². The van der Waals surface area contributed by atoms with Crippen molar-refractivity contribution in [2.45, 2.75) is 10.7 Å². The summed E-state index contributed by atoms with van der Waals surface area (Å²) in [5, 5.41) is 8.54. The number of allylic oxidation sites excluding steroid dienone is 1. The summed E-state index contributed by atoms with van der Waals surface area (Å²) in [7, 11) is 0. The Bertz CT molecular complexity index is 263. The molecule has 0 rings (SSSR count). The first-order valence-corrected chi connectivity index (χ1v) is 4.12. The molecule has 13 heavy (non-hydrogen) atoms. The lowest BCUT2D eigenvalue weighted by molar-refractivity contribution is -0.134. The second kappa shape index (κ2) is 4.17. The molecule has 74 valence electrons. The van der Waals surface area contributed by atoms with Crippen molar-refractivity contribution in [1.29, 1.82) is 0 Å². The molecule has 4 nitrogen and oxygen atoms in total. The number of hydrogen-bond acceptors (Lipinski definition) is 3. The average molecular weight is 246 g/mol. The normalized spacial score (nSPS) is 13.5. The van der Waals surface area contributed by atoms with E-state index in [1.54, 1.807) is 0 Å². The van der Waals surface area contributed by atoms with Crippen molar-refractivity contribution in [3.8, 4) is 0 Å². The van der Waals surface area contributed by atoms with Gasteiger partial charge in [0.05, 0.1) is 5.70 Å². The number of carboxylic acid groups (broad SMARTS) is 1. The summed E-state index contributed by atoms with van der Waals surface area (Å²) in [5.41, 5.74) is 3.89. The zero-order valence-corrected chi connectivity index (χ0v) is 8.74. The van der Waals surface area contributed by atoms with Crippen molar-refractivity contribution in [3.05, 3.63) is 11.3 Å². The van der Waals surface area contributed by atoms with Crippen molar-refractivity contribution in [3.63, 3.8) is 0 Å². The Morgan fingerprint density at radius 2 is 1.69 bits per heavy atom. The molecular formula is C6H6Cl3NO3. The number of carboxylic acids is 1. The van der Waals surface area contributed by atoms with Gasteiger partial charge in [0.2, 0.25) is 3.79 Å². The molecule has 0 saturated heterocycles. The van der Waals surface area contributed by atoms with Crippen LogP contribution in [-0.4, -0.2) is 20.7 Å². The fourth-order valence-electron chi connectivity index (χ4n) is 0.597. The van der Waals surface area contributed by atoms with Crippen molar-refractivity contribution in [2.24, 2.45) is 5.73 Å². The molecular weight excluding hydrogens is 240 g/mol. The van der Waals surface area contributed by atoms with Gasteiger partial charge in [-0.3, -0.25) is 4.79 Å². The Morgan fingerprint density at radius 3 is 1.77 bits per heavy atom. The Morgan fingerprint density at radius 1 is 1.31 bits per heavy atom. The molecule has 0 aromatic carbocycles. The minimum atomic E-state index is -2.08. The highest BCUT2D eigenvalue weighted by molar-refractivity contribution is 6.69. The highest BCUT2D eigenvalue weighted by Crippen LogP contribution is 2.33. The predicted molar refractivity (Wildman–Crippen MR) is 49.8 cm³/mol. The lowest BCUT2D eigenvalue weighted by atomic mass is 10.1. The van der Waals surface area contributed by atoms with Gasteiger partial charge in [-0.1, -0.05) is 34.8 Å². The largest absolute Gasteiger partial charge is 0.477 e. The average Bonchev–Trinajstić information content (AvgIpc) is 1.82. The van der Waals surface area contributed by atoms with Gasteiger partial charge in [-0.05, 0) is 6.92 Å². The fraction of sp³-hybridized carbons (Fsp3) is 0.333. The van der Waals surface area contributed by atoms with E-state index in [0.29, 0.717) is 0 Å². The molecule has 0 atom stereocenters. The van der Waals surface area contributed by atoms with Gasteiger partial charge in [-0.15, -0.1) is 0 Å². The topological polar surface area (TPSA) is 80.4 Å². The molecule has 0 radical (unpaired) electrons. The molecule has 0 aromatic rings. The van der Waals surface area contributed by atoms with Gasteiger partial charge in [-0.2, -0.15) is 0 Å². The van der Waals surface area contributed by atoms with E-state index >= 15 is 0 Å². The van der Waals surface area contributed by atoms with E-state index in [1.807, 2.05) is 0 Å². The SMILES string of the molecule is CC(=O)/C(C(=O)O)=C(\N)C(Cl)(Cl)Cl. The second-order valence-corrected chi connectivity index (χ2v) is 4.43. The third-order valence-electron chi connectivity index (χ3n) is 1.14. The summed E-state index contributed by atoms with van der Waals surface area (Å²) >= 11 is 15.9. The smallest absolute Gasteiger partial charge is 0.341 e. The number of carbonyl (C=O) groups is 2. The molecule has 0 unspecified atom stereocenters. The zero-order valence-electron chi connectivity index (χ0n) is 6.47. The van der Waals surface area contributed by atoms with Crippen LogP contribution in [0.5, 0.6) is 0 Å². The Kier molecular flexibility index (Phi) is 4.03. The zero-order chi connectivity index (χ0) is 10.8. The van der Waals surface area contributed by atoms with E-state index in [0.717, 1.165) is 6.92 Å². The van der Waals surface area contributed by atoms with E-state index in [4.69, 9.17) is 45.6 Å². The van der Waals surface area contributed by atoms with E-state index in [9.17, 15) is 9.59 Å². The molecule has 0 bridgehead atoms. The fourth-order valence-corrected chi connectivity index (χ4v) is 0.881. The third kappa shape index (κ3) is 3.42. The number of rotatable bonds is 2. The van der Waals surface area contributed by atoms with Crippen molar-refractivity contribution < 1.29 is 14.7 Å². The molecule has 0 aliphatic heterocycles. The maximum Gasteiger partial charge on any atom is 0.341 e. The quantitative estimate of drug-likeness (QED) is 0.332. The predicted octanol–water partition coefficient (Wildman–Crippen LogP) is 1.24. The van der Waals surface area contributed by atoms with Gasteiger partial charge in [-0.25, -0.2) is 4.79 Å². The van der Waals surface area contributed by atoms with Crippen LogP contribution in [0.25, 0.3) is 0 Å². The summed E-state index contributed by atoms with van der Waals surface area (Å²) in [6.45, 7) is 1.02. The van der Waals surface area contributed by atoms with Gasteiger partial charge in [0.25, 0.3) is 0 Å². The standard InChI is InChI=1S/C6H6Cl3NO3/c1-2(11)3(5(12)13)4(10)6(7,8)9/h10H2,1H3,(H,12,13)/b4-3+. The second-order valence-electron chi connectivity index (χ2n) is 2.15. The van der Waals surface area contributed by atoms with Crippen molar-refractivity contribution >= 4 is 46.6 Å². The molecule has 0 amide bonds. The summed E-state index contributed by atoms with van der Waals surface area (Å²) in [4.78, 5) is 21.3. The minimum Gasteiger partial charge on any atom is -0.477 e. The van der Waals surface area contributed by atoms with E-state index in [1.165, 1.54) is 0 Å². The van der Waals surface area contributed by atoms with Gasteiger partial charge in [0.15, 0.2) is 5.78 Å². The number of halogens is 3. The molecule has 0 spiro atoms. The molecule has 7 heteroatoms. The highest BCUT2D eigenvalue weighted by Gasteiger charge is 2.31. The number of aliphatic carboxylic acids is 1. The lowest BCUT2D eigenvalue weighted by Gasteiger charge is -2.13. The molecule has 3 N–H and O–H groups in total. The first-order chi connectivity index (χ1) is 5.68. The van der Waals surface area contributed by atoms with Crippen LogP contribution in [0, 0.1) is 0 Å². The number of Topliss-reactive ketones (excluding diaryl/α,β-unsaturated/α-hetero) is 1. The number of hydrogen-bond donors (Lipinski definition) is 2. The maximum absolute atomic E-state index is 10.8. The highest BCUT2D eigenvalue weighted by atomic mass is 35.6. The summed E-state index contributed by atoms with van der Waals surface area (Å²) < 4.78 is -2.08. The number of alkyl halides is 3. The Hall–Kier alpha value is -0.450. The first-order valence-electron chi connectivity index (χ1n) is 2.99. The van der Waals surface area contributed by atoms with Crippen LogP contribution >= 0.6 is 34.8 Å². The van der Waals surface area contributed by atoms with Crippen LogP contribution in [-0.2, 0) is 9.59 Å². The molecule has 0 saturated carbocycles. The Balaban J connectivity index is 5.36. The summed E-state index contributed by atoms with van der Waals surface area (Å²) in [6.07, 6.45) is 0. The first kappa shape index (κ1) is 12.6. The van der Waals surface area contributed by atoms with Crippen molar-refractivity contribution in [1.82, 2.24) is 0 Å². The summed E-state index contributed by atoms with van der Waals surface area (Å²) in [5.74, 6) is -2.28. The van der Waals surface area contributed by atoms with Gasteiger partial charge < -0.3 is 10.8 Å². The van der Waals surface area contributed by atoms with Crippen LogP contribution in [0.4, 0.5) is 0 Å². The molecule has 0 aromatic heterocycles. The van der Waals surface area contributed by atoms with Gasteiger partial charge in [0.1, 0.15) is 5.57 Å². The number of ketones is 1. The van der Waals surface area contributed by atoms with Crippen LogP contribution < -0.4 is 5.73 Å². The van der Waals surface area contributed by atoms with Crippen LogP contribution in [0.2, 0.25) is 0 Å². The molecule has 0 heterocycles. The monoisotopic (exact) mass is 245 g/mol. The number of carbonyl (C=O) groups excluding carboxylic acids is 1. The van der Waals surface area contributed by atoms with Gasteiger partial charge in [0, 0.05) is 0 Å². The van der Waals surface area contributed by atoms with Crippen LogP contribution in [0.3, 0.4) is 0 Å². The van der Waals surface area contributed by atoms with Crippen molar-refractivity contribution in [2.75, 3.05) is 0 Å². The van der Waals surface area contributed by atoms with E-state index < -0.39 is 26.8 Å². The van der Waals surface area contributed by atoms with E-state index in [-0.39, 0.29) is 0 Å². The van der Waals surface area contributed by atoms with Crippen LogP contribution in [0.1, 0.15) is 6.92 Å². The third-order valence-corrected chi connectivity index (χ3v) is 1.75. The van der Waals surface area contributed by atoms with Crippen LogP contribution in [0.15, 0.2) is 11.3 Å². The molecule has 0 fully saturated rings.